The first kappa shape index (κ1) is 9.06. The summed E-state index contributed by atoms with van der Waals surface area (Å²) in [6, 6.07) is 3.83. The molecule has 3 nitrogen and oxygen atoms in total. The number of ether oxygens (including phenoxy) is 1. The van der Waals surface area contributed by atoms with E-state index in [1.165, 1.54) is 12.7 Å². The zero-order chi connectivity index (χ0) is 10.1. The number of esters is 1. The molecule has 0 spiro atoms. The van der Waals surface area contributed by atoms with Crippen molar-refractivity contribution in [2.75, 3.05) is 19.0 Å². The highest BCUT2D eigenvalue weighted by Gasteiger charge is 2.18. The van der Waals surface area contributed by atoms with Gasteiger partial charge in [-0.25, -0.2) is 4.79 Å². The average molecular weight is 191 g/mol. The Hall–Kier alpha value is -1.51. The Labute approximate surface area is 83.1 Å². The van der Waals surface area contributed by atoms with Crippen LogP contribution in [0.1, 0.15) is 21.5 Å². The van der Waals surface area contributed by atoms with Crippen LogP contribution in [0.15, 0.2) is 12.1 Å². The number of hydrogen-bond acceptors (Lipinski definition) is 3. The Morgan fingerprint density at radius 2 is 2.29 bits per heavy atom. The van der Waals surface area contributed by atoms with Crippen molar-refractivity contribution in [3.63, 3.8) is 0 Å². The number of carbonyl (C=O) groups is 1. The lowest BCUT2D eigenvalue weighted by Crippen LogP contribution is -2.05. The van der Waals surface area contributed by atoms with Crippen LogP contribution in [0.3, 0.4) is 0 Å². The van der Waals surface area contributed by atoms with Crippen molar-refractivity contribution < 1.29 is 9.53 Å². The van der Waals surface area contributed by atoms with E-state index < -0.39 is 0 Å². The number of fused-ring (bicyclic) bond motifs is 1. The maximum Gasteiger partial charge on any atom is 0.338 e. The molecule has 0 amide bonds. The van der Waals surface area contributed by atoms with E-state index in [1.807, 2.05) is 19.1 Å². The van der Waals surface area contributed by atoms with Crippen molar-refractivity contribution in [3.8, 4) is 0 Å². The number of benzene rings is 1. The topological polar surface area (TPSA) is 38.3 Å². The Kier molecular flexibility index (Phi) is 2.15. The quantitative estimate of drug-likeness (QED) is 0.687. The van der Waals surface area contributed by atoms with E-state index in [0.717, 1.165) is 24.2 Å². The third-order valence-corrected chi connectivity index (χ3v) is 2.65. The van der Waals surface area contributed by atoms with Crippen LogP contribution in [0.5, 0.6) is 0 Å². The summed E-state index contributed by atoms with van der Waals surface area (Å²) in [7, 11) is 1.41. The normalized spacial score (nSPS) is 13.3. The van der Waals surface area contributed by atoms with Crippen molar-refractivity contribution in [1.29, 1.82) is 0 Å². The molecular formula is C11H13NO2. The number of nitrogens with one attached hydrogen (secondary N) is 1. The van der Waals surface area contributed by atoms with E-state index in [1.54, 1.807) is 0 Å². The summed E-state index contributed by atoms with van der Waals surface area (Å²) in [5, 5.41) is 3.28. The van der Waals surface area contributed by atoms with Gasteiger partial charge in [-0.2, -0.15) is 0 Å². The van der Waals surface area contributed by atoms with Gasteiger partial charge in [-0.3, -0.25) is 0 Å². The molecule has 0 aromatic heterocycles. The van der Waals surface area contributed by atoms with Gasteiger partial charge in [0.2, 0.25) is 0 Å². The van der Waals surface area contributed by atoms with E-state index in [9.17, 15) is 4.79 Å². The first-order chi connectivity index (χ1) is 6.74. The predicted octanol–water partition coefficient (Wildman–Crippen LogP) is 1.75. The van der Waals surface area contributed by atoms with E-state index in [4.69, 9.17) is 4.74 Å². The summed E-state index contributed by atoms with van der Waals surface area (Å²) in [4.78, 5) is 11.4. The van der Waals surface area contributed by atoms with Gasteiger partial charge in [0.25, 0.3) is 0 Å². The summed E-state index contributed by atoms with van der Waals surface area (Å²) in [5.74, 6) is -0.265. The fourth-order valence-electron chi connectivity index (χ4n) is 1.88. The molecule has 1 aliphatic rings. The van der Waals surface area contributed by atoms with Crippen molar-refractivity contribution in [2.45, 2.75) is 13.3 Å². The molecule has 1 aliphatic heterocycles. The molecule has 0 bridgehead atoms. The largest absolute Gasteiger partial charge is 0.465 e. The van der Waals surface area contributed by atoms with Gasteiger partial charge in [0.1, 0.15) is 0 Å². The van der Waals surface area contributed by atoms with Gasteiger partial charge in [-0.1, -0.05) is 6.07 Å². The molecule has 3 heteroatoms. The second-order valence-electron chi connectivity index (χ2n) is 3.44. The van der Waals surface area contributed by atoms with E-state index in [2.05, 4.69) is 5.32 Å². The lowest BCUT2D eigenvalue weighted by molar-refractivity contribution is 0.0600. The molecule has 2 rings (SSSR count). The van der Waals surface area contributed by atoms with E-state index in [-0.39, 0.29) is 5.97 Å². The van der Waals surface area contributed by atoms with Crippen LogP contribution >= 0.6 is 0 Å². The van der Waals surface area contributed by atoms with Crippen LogP contribution in [0.2, 0.25) is 0 Å². The number of carbonyl (C=O) groups excluding carboxylic acids is 1. The fraction of sp³-hybridized carbons (Fsp3) is 0.364. The second-order valence-corrected chi connectivity index (χ2v) is 3.44. The summed E-state index contributed by atoms with van der Waals surface area (Å²) in [6.45, 7) is 2.91. The zero-order valence-electron chi connectivity index (χ0n) is 8.39. The van der Waals surface area contributed by atoms with Crippen LogP contribution < -0.4 is 5.32 Å². The average Bonchev–Trinajstić information content (AvgIpc) is 2.66. The van der Waals surface area contributed by atoms with Gasteiger partial charge in [-0.05, 0) is 30.5 Å². The van der Waals surface area contributed by atoms with Crippen molar-refractivity contribution in [2.24, 2.45) is 0 Å². The maximum atomic E-state index is 11.4. The van der Waals surface area contributed by atoms with Gasteiger partial charge < -0.3 is 10.1 Å². The van der Waals surface area contributed by atoms with Crippen molar-refractivity contribution in [3.05, 3.63) is 28.8 Å². The van der Waals surface area contributed by atoms with E-state index >= 15 is 0 Å². The molecule has 0 fully saturated rings. The summed E-state index contributed by atoms with van der Waals surface area (Å²) >= 11 is 0. The Morgan fingerprint density at radius 3 is 3.00 bits per heavy atom. The van der Waals surface area contributed by atoms with Crippen LogP contribution in [0.4, 0.5) is 5.69 Å². The molecule has 1 N–H and O–H groups in total. The molecule has 1 aromatic rings. The fourth-order valence-corrected chi connectivity index (χ4v) is 1.88. The minimum absolute atomic E-state index is 0.265. The molecule has 0 saturated heterocycles. The molecule has 0 radical (unpaired) electrons. The monoisotopic (exact) mass is 191 g/mol. The first-order valence-electron chi connectivity index (χ1n) is 4.68. The zero-order valence-corrected chi connectivity index (χ0v) is 8.39. The summed E-state index contributed by atoms with van der Waals surface area (Å²) < 4.78 is 4.71. The number of rotatable bonds is 1. The van der Waals surface area contributed by atoms with Gasteiger partial charge in [0.05, 0.1) is 12.7 Å². The Morgan fingerprint density at radius 1 is 1.50 bits per heavy atom. The Balaban J connectivity index is 2.50. The molecule has 0 unspecified atom stereocenters. The molecule has 1 aromatic carbocycles. The maximum absolute atomic E-state index is 11.4. The molecule has 0 saturated carbocycles. The highest BCUT2D eigenvalue weighted by atomic mass is 16.5. The highest BCUT2D eigenvalue weighted by Crippen LogP contribution is 2.28. The predicted molar refractivity (Wildman–Crippen MR) is 54.7 cm³/mol. The third kappa shape index (κ3) is 1.25. The summed E-state index contributed by atoms with van der Waals surface area (Å²) in [6.07, 6.45) is 1.04. The van der Waals surface area contributed by atoms with Crippen LogP contribution in [0.25, 0.3) is 0 Å². The smallest absolute Gasteiger partial charge is 0.338 e. The first-order valence-corrected chi connectivity index (χ1v) is 4.68. The number of methoxy groups -OCH3 is 1. The lowest BCUT2D eigenvalue weighted by Gasteiger charge is -2.08. The number of hydrogen-bond donors (Lipinski definition) is 1. The Bertz CT molecular complexity index is 385. The lowest BCUT2D eigenvalue weighted by atomic mass is 10.0. The second kappa shape index (κ2) is 3.33. The van der Waals surface area contributed by atoms with Crippen molar-refractivity contribution >= 4 is 11.7 Å². The van der Waals surface area contributed by atoms with Gasteiger partial charge in [-0.15, -0.1) is 0 Å². The van der Waals surface area contributed by atoms with Gasteiger partial charge in [0.15, 0.2) is 0 Å². The minimum Gasteiger partial charge on any atom is -0.465 e. The van der Waals surface area contributed by atoms with Crippen molar-refractivity contribution in [1.82, 2.24) is 0 Å². The molecular weight excluding hydrogens is 178 g/mol. The highest BCUT2D eigenvalue weighted by molar-refractivity contribution is 5.93. The molecule has 0 aliphatic carbocycles. The summed E-state index contributed by atoms with van der Waals surface area (Å²) in [5.41, 5.74) is 4.04. The van der Waals surface area contributed by atoms with Crippen LogP contribution in [-0.2, 0) is 11.2 Å². The molecule has 0 atom stereocenters. The van der Waals surface area contributed by atoms with Crippen LogP contribution in [-0.4, -0.2) is 19.6 Å². The molecule has 1 heterocycles. The standard InChI is InChI=1S/C11H13NO2/c1-7-9(11(13)14-2)4-3-8-5-6-12-10(7)8/h3-4,12H,5-6H2,1-2H3. The van der Waals surface area contributed by atoms with Gasteiger partial charge in [0, 0.05) is 12.2 Å². The SMILES string of the molecule is COC(=O)c1ccc2c(c1C)NCC2. The third-order valence-electron chi connectivity index (χ3n) is 2.65. The number of anilines is 1. The van der Waals surface area contributed by atoms with E-state index in [0.29, 0.717) is 5.56 Å². The minimum atomic E-state index is -0.265. The van der Waals surface area contributed by atoms with Gasteiger partial charge >= 0.3 is 5.97 Å². The molecule has 14 heavy (non-hydrogen) atoms. The molecule has 74 valence electrons. The van der Waals surface area contributed by atoms with Crippen LogP contribution in [0, 0.1) is 6.92 Å².